The van der Waals surface area contributed by atoms with Gasteiger partial charge in [-0.2, -0.15) is 0 Å². The van der Waals surface area contributed by atoms with Crippen molar-refractivity contribution in [3.05, 3.63) is 65.7 Å². The first-order valence-corrected chi connectivity index (χ1v) is 8.35. The maximum atomic E-state index is 12.3. The van der Waals surface area contributed by atoms with Gasteiger partial charge in [-0.15, -0.1) is 0 Å². The van der Waals surface area contributed by atoms with E-state index in [0.29, 0.717) is 6.54 Å². The third kappa shape index (κ3) is 5.59. The molecule has 134 valence electrons. The molecule has 1 amide bonds. The third-order valence-corrected chi connectivity index (χ3v) is 4.29. The highest BCUT2D eigenvalue weighted by Gasteiger charge is 2.19. The normalized spacial score (nSPS) is 13.3. The lowest BCUT2D eigenvalue weighted by Crippen LogP contribution is -2.44. The standard InChI is InChI=1S/C20H26N2O3/c1-15(22(2)14-16-7-5-4-6-8-16)20(24)21-13-19(23)17-9-11-18(25-3)12-10-17/h4-12,15,19,23H,13-14H2,1-3H3,(H,21,24). The minimum atomic E-state index is -0.749. The highest BCUT2D eigenvalue weighted by atomic mass is 16.5. The molecule has 0 saturated carbocycles. The van der Waals surface area contributed by atoms with Crippen LogP contribution in [0.2, 0.25) is 0 Å². The molecule has 25 heavy (non-hydrogen) atoms. The number of rotatable bonds is 8. The van der Waals surface area contributed by atoms with Crippen LogP contribution in [0.1, 0.15) is 24.2 Å². The lowest BCUT2D eigenvalue weighted by atomic mass is 10.1. The van der Waals surface area contributed by atoms with Crippen molar-refractivity contribution in [2.24, 2.45) is 0 Å². The first-order valence-electron chi connectivity index (χ1n) is 8.35. The number of likely N-dealkylation sites (N-methyl/N-ethyl adjacent to an activating group) is 1. The monoisotopic (exact) mass is 342 g/mol. The molecular weight excluding hydrogens is 316 g/mol. The fraction of sp³-hybridized carbons (Fsp3) is 0.350. The van der Waals surface area contributed by atoms with Crippen LogP contribution in [-0.2, 0) is 11.3 Å². The van der Waals surface area contributed by atoms with Gasteiger partial charge in [-0.3, -0.25) is 9.69 Å². The van der Waals surface area contributed by atoms with Crippen LogP contribution in [0.15, 0.2) is 54.6 Å². The van der Waals surface area contributed by atoms with Gasteiger partial charge in [0.1, 0.15) is 5.75 Å². The molecule has 0 fully saturated rings. The minimum Gasteiger partial charge on any atom is -0.497 e. The second-order valence-electron chi connectivity index (χ2n) is 6.11. The summed E-state index contributed by atoms with van der Waals surface area (Å²) in [6.07, 6.45) is -0.749. The molecule has 5 nitrogen and oxygen atoms in total. The van der Waals surface area contributed by atoms with E-state index in [2.05, 4.69) is 5.32 Å². The van der Waals surface area contributed by atoms with Gasteiger partial charge in [0.05, 0.1) is 19.3 Å². The first-order chi connectivity index (χ1) is 12.0. The van der Waals surface area contributed by atoms with E-state index in [4.69, 9.17) is 4.74 Å². The fourth-order valence-corrected chi connectivity index (χ4v) is 2.50. The predicted molar refractivity (Wildman–Crippen MR) is 98.3 cm³/mol. The van der Waals surface area contributed by atoms with E-state index < -0.39 is 6.10 Å². The number of carbonyl (C=O) groups excluding carboxylic acids is 1. The number of aliphatic hydroxyl groups is 1. The number of ether oxygens (including phenoxy) is 1. The van der Waals surface area contributed by atoms with Gasteiger partial charge in [0.2, 0.25) is 5.91 Å². The SMILES string of the molecule is COc1ccc(C(O)CNC(=O)C(C)N(C)Cc2ccccc2)cc1. The molecule has 2 rings (SSSR count). The van der Waals surface area contributed by atoms with E-state index in [9.17, 15) is 9.90 Å². The van der Waals surface area contributed by atoms with Crippen molar-refractivity contribution < 1.29 is 14.6 Å². The van der Waals surface area contributed by atoms with Crippen molar-refractivity contribution in [2.75, 3.05) is 20.7 Å². The Kier molecular flexibility index (Phi) is 6.98. The fourth-order valence-electron chi connectivity index (χ4n) is 2.50. The topological polar surface area (TPSA) is 61.8 Å². The van der Waals surface area contributed by atoms with E-state index in [0.717, 1.165) is 16.9 Å². The van der Waals surface area contributed by atoms with Gasteiger partial charge >= 0.3 is 0 Å². The Morgan fingerprint density at radius 3 is 2.40 bits per heavy atom. The summed E-state index contributed by atoms with van der Waals surface area (Å²) in [6, 6.07) is 16.9. The van der Waals surface area contributed by atoms with E-state index in [1.807, 2.05) is 49.2 Å². The van der Waals surface area contributed by atoms with Crippen molar-refractivity contribution >= 4 is 5.91 Å². The summed E-state index contributed by atoms with van der Waals surface area (Å²) in [7, 11) is 3.51. The molecule has 0 radical (unpaired) electrons. The first kappa shape index (κ1) is 19.0. The molecule has 0 aliphatic heterocycles. The van der Waals surface area contributed by atoms with Crippen molar-refractivity contribution in [2.45, 2.75) is 25.6 Å². The highest BCUT2D eigenvalue weighted by Crippen LogP contribution is 2.17. The zero-order valence-corrected chi connectivity index (χ0v) is 15.0. The Morgan fingerprint density at radius 1 is 1.16 bits per heavy atom. The predicted octanol–water partition coefficient (Wildman–Crippen LogP) is 2.37. The van der Waals surface area contributed by atoms with Gasteiger partial charge < -0.3 is 15.2 Å². The van der Waals surface area contributed by atoms with Crippen LogP contribution >= 0.6 is 0 Å². The highest BCUT2D eigenvalue weighted by molar-refractivity contribution is 5.81. The summed E-state index contributed by atoms with van der Waals surface area (Å²) < 4.78 is 5.10. The molecule has 0 aliphatic carbocycles. The Balaban J connectivity index is 1.83. The average molecular weight is 342 g/mol. The van der Waals surface area contributed by atoms with E-state index in [-0.39, 0.29) is 18.5 Å². The van der Waals surface area contributed by atoms with Gasteiger partial charge in [0, 0.05) is 13.1 Å². The van der Waals surface area contributed by atoms with Crippen molar-refractivity contribution in [1.82, 2.24) is 10.2 Å². The summed E-state index contributed by atoms with van der Waals surface area (Å²) in [5.41, 5.74) is 1.90. The minimum absolute atomic E-state index is 0.106. The Morgan fingerprint density at radius 2 is 1.80 bits per heavy atom. The average Bonchev–Trinajstić information content (AvgIpc) is 2.66. The van der Waals surface area contributed by atoms with Crippen LogP contribution in [0.4, 0.5) is 0 Å². The van der Waals surface area contributed by atoms with Crippen LogP contribution in [0, 0.1) is 0 Å². The number of hydrogen-bond acceptors (Lipinski definition) is 4. The van der Waals surface area contributed by atoms with Gasteiger partial charge in [0.15, 0.2) is 0 Å². The van der Waals surface area contributed by atoms with Crippen LogP contribution in [0.5, 0.6) is 5.75 Å². The van der Waals surface area contributed by atoms with Crippen molar-refractivity contribution in [1.29, 1.82) is 0 Å². The molecule has 0 saturated heterocycles. The van der Waals surface area contributed by atoms with Crippen molar-refractivity contribution in [3.8, 4) is 5.75 Å². The summed E-state index contributed by atoms with van der Waals surface area (Å²) in [4.78, 5) is 14.3. The Labute approximate surface area is 149 Å². The smallest absolute Gasteiger partial charge is 0.237 e. The van der Waals surface area contributed by atoms with Crippen LogP contribution < -0.4 is 10.1 Å². The Hall–Kier alpha value is -2.37. The van der Waals surface area contributed by atoms with Gasteiger partial charge in [-0.1, -0.05) is 42.5 Å². The largest absolute Gasteiger partial charge is 0.497 e. The number of carbonyl (C=O) groups is 1. The lowest BCUT2D eigenvalue weighted by molar-refractivity contribution is -0.126. The number of nitrogens with zero attached hydrogens (tertiary/aromatic N) is 1. The molecule has 0 heterocycles. The maximum absolute atomic E-state index is 12.3. The number of methoxy groups -OCH3 is 1. The zero-order chi connectivity index (χ0) is 18.2. The molecule has 0 aromatic heterocycles. The maximum Gasteiger partial charge on any atom is 0.237 e. The van der Waals surface area contributed by atoms with Crippen LogP contribution in [-0.4, -0.2) is 42.7 Å². The second-order valence-corrected chi connectivity index (χ2v) is 6.11. The summed E-state index contributed by atoms with van der Waals surface area (Å²) >= 11 is 0. The van der Waals surface area contributed by atoms with E-state index in [1.54, 1.807) is 31.4 Å². The summed E-state index contributed by atoms with van der Waals surface area (Å²) in [5, 5.41) is 13.0. The summed E-state index contributed by atoms with van der Waals surface area (Å²) in [5.74, 6) is 0.627. The van der Waals surface area contributed by atoms with Crippen LogP contribution in [0.3, 0.4) is 0 Å². The van der Waals surface area contributed by atoms with E-state index >= 15 is 0 Å². The molecule has 0 bridgehead atoms. The number of benzene rings is 2. The quantitative estimate of drug-likeness (QED) is 0.773. The second kappa shape index (κ2) is 9.20. The van der Waals surface area contributed by atoms with E-state index in [1.165, 1.54) is 0 Å². The lowest BCUT2D eigenvalue weighted by Gasteiger charge is -2.24. The van der Waals surface area contributed by atoms with Crippen molar-refractivity contribution in [3.63, 3.8) is 0 Å². The summed E-state index contributed by atoms with van der Waals surface area (Å²) in [6.45, 7) is 2.73. The van der Waals surface area contributed by atoms with Crippen LogP contribution in [0.25, 0.3) is 0 Å². The number of hydrogen-bond donors (Lipinski definition) is 2. The molecule has 2 aromatic rings. The Bertz CT molecular complexity index is 658. The number of amides is 1. The molecule has 2 unspecified atom stereocenters. The number of nitrogens with one attached hydrogen (secondary N) is 1. The molecule has 0 spiro atoms. The number of aliphatic hydroxyl groups excluding tert-OH is 1. The zero-order valence-electron chi connectivity index (χ0n) is 15.0. The van der Waals surface area contributed by atoms with Gasteiger partial charge in [-0.25, -0.2) is 0 Å². The molecule has 0 aliphatic rings. The molecular formula is C20H26N2O3. The van der Waals surface area contributed by atoms with Gasteiger partial charge in [0.25, 0.3) is 0 Å². The molecule has 2 N–H and O–H groups in total. The molecule has 2 atom stereocenters. The molecule has 5 heteroatoms. The molecule has 2 aromatic carbocycles. The third-order valence-electron chi connectivity index (χ3n) is 4.29. The van der Waals surface area contributed by atoms with Gasteiger partial charge in [-0.05, 0) is 37.2 Å².